The molecule has 2 N–H and O–H groups in total. The maximum Gasteiger partial charge on any atom is 0.143 e. The fourth-order valence-electron chi connectivity index (χ4n) is 2.15. The number of nitrogens with one attached hydrogen (secondary N) is 2. The number of H-pyrrole nitrogens is 1. The summed E-state index contributed by atoms with van der Waals surface area (Å²) in [4.78, 5) is 0. The highest BCUT2D eigenvalue weighted by Gasteiger charge is 2.16. The molecule has 0 aliphatic carbocycles. The van der Waals surface area contributed by atoms with E-state index >= 15 is 0 Å². The van der Waals surface area contributed by atoms with E-state index in [9.17, 15) is 4.39 Å². The Kier molecular flexibility index (Phi) is 2.35. The first-order valence-electron chi connectivity index (χ1n) is 5.81. The first-order valence-corrected chi connectivity index (χ1v) is 5.81. The van der Waals surface area contributed by atoms with Crippen LogP contribution in [0, 0.1) is 11.7 Å². The summed E-state index contributed by atoms with van der Waals surface area (Å²) in [6.07, 6.45) is 4.59. The number of halogens is 1. The minimum Gasteiger partial charge on any atom is -0.384 e. The van der Waals surface area contributed by atoms with Gasteiger partial charge < -0.3 is 5.32 Å². The lowest BCUT2D eigenvalue weighted by molar-refractivity contribution is 0.546. The van der Waals surface area contributed by atoms with Gasteiger partial charge in [-0.05, 0) is 24.5 Å². The molecule has 2 aromatic rings. The van der Waals surface area contributed by atoms with Crippen LogP contribution in [0.5, 0.6) is 0 Å². The van der Waals surface area contributed by atoms with E-state index in [-0.39, 0.29) is 5.82 Å². The van der Waals surface area contributed by atoms with Crippen molar-refractivity contribution >= 4 is 16.6 Å². The molecule has 1 unspecified atom stereocenters. The predicted molar refractivity (Wildman–Crippen MR) is 65.8 cm³/mol. The molecular weight excluding hydrogens is 217 g/mol. The quantitative estimate of drug-likeness (QED) is 0.792. The Balaban J connectivity index is 2.08. The Bertz CT molecular complexity index is 585. The zero-order valence-corrected chi connectivity index (χ0v) is 9.63. The average Bonchev–Trinajstić information content (AvgIpc) is 2.80. The Morgan fingerprint density at radius 3 is 3.06 bits per heavy atom. The second kappa shape index (κ2) is 3.87. The minimum atomic E-state index is -0.204. The van der Waals surface area contributed by atoms with Gasteiger partial charge in [-0.1, -0.05) is 13.0 Å². The van der Waals surface area contributed by atoms with Gasteiger partial charge in [0.05, 0.1) is 17.1 Å². The van der Waals surface area contributed by atoms with Gasteiger partial charge in [-0.2, -0.15) is 5.10 Å². The molecule has 2 heterocycles. The lowest BCUT2D eigenvalue weighted by Gasteiger charge is -2.21. The van der Waals surface area contributed by atoms with Crippen LogP contribution in [-0.2, 0) is 0 Å². The highest BCUT2D eigenvalue weighted by molar-refractivity contribution is 5.83. The molecule has 0 amide bonds. The van der Waals surface area contributed by atoms with Crippen LogP contribution in [-0.4, -0.2) is 16.7 Å². The van der Waals surface area contributed by atoms with Gasteiger partial charge in [0.1, 0.15) is 5.82 Å². The molecule has 3 nitrogen and oxygen atoms in total. The minimum absolute atomic E-state index is 0.204. The van der Waals surface area contributed by atoms with Gasteiger partial charge in [-0.25, -0.2) is 4.39 Å². The molecule has 0 saturated heterocycles. The maximum atomic E-state index is 14.2. The molecule has 0 saturated carbocycles. The van der Waals surface area contributed by atoms with Crippen LogP contribution >= 0.6 is 0 Å². The summed E-state index contributed by atoms with van der Waals surface area (Å²) in [6, 6.07) is 3.66. The highest BCUT2D eigenvalue weighted by atomic mass is 19.1. The fourth-order valence-corrected chi connectivity index (χ4v) is 2.15. The molecule has 0 radical (unpaired) electrons. The van der Waals surface area contributed by atoms with Gasteiger partial charge >= 0.3 is 0 Å². The lowest BCUT2D eigenvalue weighted by Crippen LogP contribution is -2.24. The number of benzene rings is 1. The van der Waals surface area contributed by atoms with Crippen LogP contribution < -0.4 is 5.32 Å². The summed E-state index contributed by atoms with van der Waals surface area (Å²) in [7, 11) is 0. The summed E-state index contributed by atoms with van der Waals surface area (Å²) in [5.41, 5.74) is 2.26. The molecule has 4 heteroatoms. The SMILES string of the molecule is CC1CC=C(c2ccc3[nH]ncc3c2F)NC1. The highest BCUT2D eigenvalue weighted by Crippen LogP contribution is 2.26. The van der Waals surface area contributed by atoms with Crippen molar-refractivity contribution < 1.29 is 4.39 Å². The third-order valence-electron chi connectivity index (χ3n) is 3.21. The molecule has 0 bridgehead atoms. The van der Waals surface area contributed by atoms with E-state index in [4.69, 9.17) is 0 Å². The third-order valence-corrected chi connectivity index (χ3v) is 3.21. The average molecular weight is 231 g/mol. The summed E-state index contributed by atoms with van der Waals surface area (Å²) < 4.78 is 14.2. The van der Waals surface area contributed by atoms with E-state index in [1.54, 1.807) is 6.07 Å². The summed E-state index contributed by atoms with van der Waals surface area (Å²) in [5.74, 6) is 0.407. The van der Waals surface area contributed by atoms with E-state index < -0.39 is 0 Å². The molecule has 17 heavy (non-hydrogen) atoms. The van der Waals surface area contributed by atoms with E-state index in [0.717, 1.165) is 24.2 Å². The Morgan fingerprint density at radius 1 is 1.41 bits per heavy atom. The molecule has 1 aromatic carbocycles. The topological polar surface area (TPSA) is 40.7 Å². The molecule has 0 fully saturated rings. The van der Waals surface area contributed by atoms with Gasteiger partial charge in [0.15, 0.2) is 0 Å². The molecule has 1 aliphatic heterocycles. The molecular formula is C13H14FN3. The predicted octanol–water partition coefficient (Wildman–Crippen LogP) is 2.67. The van der Waals surface area contributed by atoms with Crippen molar-refractivity contribution in [3.05, 3.63) is 35.8 Å². The number of hydrogen-bond donors (Lipinski definition) is 2. The molecule has 1 atom stereocenters. The van der Waals surface area contributed by atoms with E-state index in [1.165, 1.54) is 6.20 Å². The van der Waals surface area contributed by atoms with Gasteiger partial charge in [0.25, 0.3) is 0 Å². The molecule has 1 aliphatic rings. The number of aromatic nitrogens is 2. The lowest BCUT2D eigenvalue weighted by atomic mass is 9.99. The number of rotatable bonds is 1. The van der Waals surface area contributed by atoms with Crippen molar-refractivity contribution in [2.75, 3.05) is 6.54 Å². The van der Waals surface area contributed by atoms with Gasteiger partial charge in [0.2, 0.25) is 0 Å². The van der Waals surface area contributed by atoms with Crippen LogP contribution in [0.15, 0.2) is 24.4 Å². The van der Waals surface area contributed by atoms with Crippen molar-refractivity contribution in [2.24, 2.45) is 5.92 Å². The van der Waals surface area contributed by atoms with Crippen LogP contribution in [0.1, 0.15) is 18.9 Å². The Labute approximate surface area is 98.7 Å². The van der Waals surface area contributed by atoms with Crippen molar-refractivity contribution in [2.45, 2.75) is 13.3 Å². The smallest absolute Gasteiger partial charge is 0.143 e. The maximum absolute atomic E-state index is 14.2. The van der Waals surface area contributed by atoms with Crippen LogP contribution in [0.4, 0.5) is 4.39 Å². The Morgan fingerprint density at radius 2 is 2.29 bits per heavy atom. The largest absolute Gasteiger partial charge is 0.384 e. The number of allylic oxidation sites excluding steroid dienone is 1. The van der Waals surface area contributed by atoms with Crippen molar-refractivity contribution in [1.82, 2.24) is 15.5 Å². The number of nitrogens with zero attached hydrogens (tertiary/aromatic N) is 1. The van der Waals surface area contributed by atoms with Crippen molar-refractivity contribution in [3.63, 3.8) is 0 Å². The molecule has 1 aromatic heterocycles. The summed E-state index contributed by atoms with van der Waals surface area (Å²) in [5, 5.41) is 10.4. The Hall–Kier alpha value is -1.84. The standard InChI is InChI=1S/C13H14FN3/c1-8-2-4-11(15-6-8)9-3-5-12-10(13(9)14)7-16-17-12/h3-5,7-8,15H,2,6H2,1H3,(H,16,17). The number of fused-ring (bicyclic) bond motifs is 1. The van der Waals surface area contributed by atoms with Crippen LogP contribution in [0.3, 0.4) is 0 Å². The molecule has 3 rings (SSSR count). The number of hydrogen-bond acceptors (Lipinski definition) is 2. The van der Waals surface area contributed by atoms with Gasteiger partial charge in [-0.15, -0.1) is 0 Å². The number of aromatic amines is 1. The normalized spacial score (nSPS) is 20.1. The first-order chi connectivity index (χ1) is 8.25. The van der Waals surface area contributed by atoms with Crippen molar-refractivity contribution in [3.8, 4) is 0 Å². The van der Waals surface area contributed by atoms with E-state index in [0.29, 0.717) is 16.9 Å². The molecule has 88 valence electrons. The second-order valence-electron chi connectivity index (χ2n) is 4.60. The van der Waals surface area contributed by atoms with E-state index in [1.807, 2.05) is 6.07 Å². The van der Waals surface area contributed by atoms with Gasteiger partial charge in [0, 0.05) is 17.8 Å². The zero-order valence-electron chi connectivity index (χ0n) is 9.63. The van der Waals surface area contributed by atoms with E-state index in [2.05, 4.69) is 28.5 Å². The fraction of sp³-hybridized carbons (Fsp3) is 0.308. The third kappa shape index (κ3) is 1.69. The zero-order chi connectivity index (χ0) is 11.8. The summed E-state index contributed by atoms with van der Waals surface area (Å²) in [6.45, 7) is 3.07. The van der Waals surface area contributed by atoms with Crippen LogP contribution in [0.2, 0.25) is 0 Å². The second-order valence-corrected chi connectivity index (χ2v) is 4.60. The van der Waals surface area contributed by atoms with Crippen molar-refractivity contribution in [1.29, 1.82) is 0 Å². The monoisotopic (exact) mass is 231 g/mol. The summed E-state index contributed by atoms with van der Waals surface area (Å²) >= 11 is 0. The van der Waals surface area contributed by atoms with Crippen LogP contribution in [0.25, 0.3) is 16.6 Å². The van der Waals surface area contributed by atoms with Gasteiger partial charge in [-0.3, -0.25) is 5.10 Å². The first kappa shape index (κ1) is 10.3. The molecule has 0 spiro atoms.